The molecular weight excluding hydrogens is 306 g/mol. The Hall–Kier alpha value is -1.64. The molecule has 0 spiro atoms. The molecule has 2 aromatic rings. The quantitative estimate of drug-likeness (QED) is 0.705. The van der Waals surface area contributed by atoms with Gasteiger partial charge in [-0.1, -0.05) is 60.7 Å². The van der Waals surface area contributed by atoms with E-state index < -0.39 is 0 Å². The fraction of sp³-hybridized carbons (Fsp3) is 0.478. The van der Waals surface area contributed by atoms with E-state index in [9.17, 15) is 0 Å². The van der Waals surface area contributed by atoms with E-state index in [-0.39, 0.29) is 5.60 Å². The van der Waals surface area contributed by atoms with E-state index in [1.807, 2.05) is 0 Å². The van der Waals surface area contributed by atoms with Gasteiger partial charge in [0.15, 0.2) is 0 Å². The lowest BCUT2D eigenvalue weighted by Crippen LogP contribution is -2.36. The molecule has 2 heteroatoms. The first-order valence-corrected chi connectivity index (χ1v) is 9.58. The summed E-state index contributed by atoms with van der Waals surface area (Å²) in [7, 11) is 0. The number of benzene rings is 2. The Balaban J connectivity index is 1.61. The van der Waals surface area contributed by atoms with E-state index in [0.29, 0.717) is 11.8 Å². The van der Waals surface area contributed by atoms with Crippen molar-refractivity contribution in [2.75, 3.05) is 13.2 Å². The van der Waals surface area contributed by atoms with E-state index in [0.717, 1.165) is 26.1 Å². The summed E-state index contributed by atoms with van der Waals surface area (Å²) < 4.78 is 5.95. The monoisotopic (exact) mass is 337 g/mol. The van der Waals surface area contributed by atoms with Gasteiger partial charge in [0.2, 0.25) is 0 Å². The molecule has 0 saturated carbocycles. The summed E-state index contributed by atoms with van der Waals surface area (Å²) in [5.41, 5.74) is 2.84. The molecule has 0 bridgehead atoms. The van der Waals surface area contributed by atoms with Gasteiger partial charge in [-0.15, -0.1) is 0 Å². The van der Waals surface area contributed by atoms with Crippen LogP contribution in [0.5, 0.6) is 0 Å². The second-order valence-electron chi connectivity index (χ2n) is 7.83. The highest BCUT2D eigenvalue weighted by atomic mass is 16.5. The second-order valence-corrected chi connectivity index (χ2v) is 7.83. The summed E-state index contributed by atoms with van der Waals surface area (Å²) in [6, 6.07) is 21.7. The zero-order valence-corrected chi connectivity index (χ0v) is 15.6. The molecule has 1 fully saturated rings. The van der Waals surface area contributed by atoms with Crippen molar-refractivity contribution in [2.24, 2.45) is 5.92 Å². The van der Waals surface area contributed by atoms with Crippen LogP contribution in [0, 0.1) is 5.92 Å². The lowest BCUT2D eigenvalue weighted by atomic mass is 9.75. The normalized spacial score (nSPS) is 21.0. The smallest absolute Gasteiger partial charge is 0.0629 e. The molecule has 0 aromatic heterocycles. The summed E-state index contributed by atoms with van der Waals surface area (Å²) in [4.78, 5) is 0. The summed E-state index contributed by atoms with van der Waals surface area (Å²) in [6.07, 6.45) is 3.49. The van der Waals surface area contributed by atoms with Gasteiger partial charge in [0.25, 0.3) is 0 Å². The molecule has 0 amide bonds. The lowest BCUT2D eigenvalue weighted by molar-refractivity contribution is -0.0771. The van der Waals surface area contributed by atoms with Crippen LogP contribution in [-0.4, -0.2) is 18.8 Å². The van der Waals surface area contributed by atoms with E-state index >= 15 is 0 Å². The van der Waals surface area contributed by atoms with Gasteiger partial charge in [-0.2, -0.15) is 0 Å². The standard InChI is InChI=1S/C23H31NO/c1-23(2)17-21(14-16-25-23)22(20-11-7-4-8-12-20)13-15-24-18-19-9-5-3-6-10-19/h3-12,21-22,24H,13-18H2,1-2H3/t21-,22-/m0/s1. The summed E-state index contributed by atoms with van der Waals surface area (Å²) >= 11 is 0. The first kappa shape index (κ1) is 18.2. The van der Waals surface area contributed by atoms with E-state index in [4.69, 9.17) is 4.74 Å². The van der Waals surface area contributed by atoms with Crippen LogP contribution in [0.25, 0.3) is 0 Å². The number of rotatable bonds is 7. The predicted octanol–water partition coefficient (Wildman–Crippen LogP) is 5.16. The molecule has 2 atom stereocenters. The molecular formula is C23H31NO. The van der Waals surface area contributed by atoms with Crippen molar-refractivity contribution in [1.82, 2.24) is 5.32 Å². The first-order chi connectivity index (χ1) is 12.1. The third-order valence-electron chi connectivity index (χ3n) is 5.34. The van der Waals surface area contributed by atoms with Gasteiger partial charge < -0.3 is 10.1 Å². The van der Waals surface area contributed by atoms with Crippen molar-refractivity contribution in [3.63, 3.8) is 0 Å². The van der Waals surface area contributed by atoms with Gasteiger partial charge in [0.1, 0.15) is 0 Å². The Morgan fingerprint density at radius 1 is 1.04 bits per heavy atom. The maximum absolute atomic E-state index is 5.95. The van der Waals surface area contributed by atoms with Crippen LogP contribution in [0.1, 0.15) is 50.2 Å². The van der Waals surface area contributed by atoms with Crippen LogP contribution < -0.4 is 5.32 Å². The van der Waals surface area contributed by atoms with Crippen LogP contribution in [0.4, 0.5) is 0 Å². The fourth-order valence-electron chi connectivity index (χ4n) is 4.08. The largest absolute Gasteiger partial charge is 0.376 e. The topological polar surface area (TPSA) is 21.3 Å². The summed E-state index contributed by atoms with van der Waals surface area (Å²) in [5, 5.41) is 3.63. The summed E-state index contributed by atoms with van der Waals surface area (Å²) in [6.45, 7) is 7.34. The number of hydrogen-bond acceptors (Lipinski definition) is 2. The van der Waals surface area contributed by atoms with E-state index in [2.05, 4.69) is 79.8 Å². The SMILES string of the molecule is CC1(C)C[C@@H]([C@@H](CCNCc2ccccc2)c2ccccc2)CCO1. The van der Waals surface area contributed by atoms with Gasteiger partial charge in [0, 0.05) is 13.2 Å². The van der Waals surface area contributed by atoms with Crippen molar-refractivity contribution in [2.45, 2.75) is 51.2 Å². The second kappa shape index (κ2) is 8.64. The maximum atomic E-state index is 5.95. The lowest BCUT2D eigenvalue weighted by Gasteiger charge is -2.39. The predicted molar refractivity (Wildman–Crippen MR) is 105 cm³/mol. The highest BCUT2D eigenvalue weighted by Gasteiger charge is 2.33. The number of ether oxygens (including phenoxy) is 1. The van der Waals surface area contributed by atoms with Crippen LogP contribution >= 0.6 is 0 Å². The van der Waals surface area contributed by atoms with E-state index in [1.165, 1.54) is 24.0 Å². The Bertz CT molecular complexity index is 623. The van der Waals surface area contributed by atoms with Gasteiger partial charge in [-0.3, -0.25) is 0 Å². The molecule has 1 N–H and O–H groups in total. The van der Waals surface area contributed by atoms with Crippen LogP contribution in [0.2, 0.25) is 0 Å². The van der Waals surface area contributed by atoms with Crippen LogP contribution in [0.15, 0.2) is 60.7 Å². The minimum Gasteiger partial charge on any atom is -0.376 e. The highest BCUT2D eigenvalue weighted by molar-refractivity contribution is 5.21. The number of nitrogens with one attached hydrogen (secondary N) is 1. The Kier molecular flexibility index (Phi) is 6.28. The van der Waals surface area contributed by atoms with Crippen molar-refractivity contribution < 1.29 is 4.74 Å². The van der Waals surface area contributed by atoms with E-state index in [1.54, 1.807) is 0 Å². The summed E-state index contributed by atoms with van der Waals surface area (Å²) in [5.74, 6) is 1.30. The molecule has 0 aliphatic carbocycles. The molecule has 1 saturated heterocycles. The van der Waals surface area contributed by atoms with Gasteiger partial charge in [0.05, 0.1) is 5.60 Å². The molecule has 1 aliphatic heterocycles. The molecule has 2 aromatic carbocycles. The average molecular weight is 338 g/mol. The molecule has 134 valence electrons. The van der Waals surface area contributed by atoms with Crippen molar-refractivity contribution in [3.8, 4) is 0 Å². The van der Waals surface area contributed by atoms with Crippen LogP contribution in [0.3, 0.4) is 0 Å². The Morgan fingerprint density at radius 3 is 2.40 bits per heavy atom. The molecule has 1 heterocycles. The zero-order valence-electron chi connectivity index (χ0n) is 15.6. The zero-order chi connectivity index (χ0) is 17.5. The van der Waals surface area contributed by atoms with Crippen molar-refractivity contribution >= 4 is 0 Å². The highest BCUT2D eigenvalue weighted by Crippen LogP contribution is 2.39. The number of hydrogen-bond donors (Lipinski definition) is 1. The fourth-order valence-corrected chi connectivity index (χ4v) is 4.08. The van der Waals surface area contributed by atoms with Crippen molar-refractivity contribution in [1.29, 1.82) is 0 Å². The molecule has 1 aliphatic rings. The molecule has 2 nitrogen and oxygen atoms in total. The molecule has 0 unspecified atom stereocenters. The van der Waals surface area contributed by atoms with Crippen molar-refractivity contribution in [3.05, 3.63) is 71.8 Å². The third kappa shape index (κ3) is 5.42. The third-order valence-corrected chi connectivity index (χ3v) is 5.34. The van der Waals surface area contributed by atoms with Gasteiger partial charge >= 0.3 is 0 Å². The molecule has 3 rings (SSSR count). The maximum Gasteiger partial charge on any atom is 0.0629 e. The molecule has 0 radical (unpaired) electrons. The molecule has 25 heavy (non-hydrogen) atoms. The Labute approximate surface area is 152 Å². The Morgan fingerprint density at radius 2 is 1.72 bits per heavy atom. The minimum absolute atomic E-state index is 0.00736. The van der Waals surface area contributed by atoms with Crippen LogP contribution in [-0.2, 0) is 11.3 Å². The first-order valence-electron chi connectivity index (χ1n) is 9.58. The minimum atomic E-state index is 0.00736. The van der Waals surface area contributed by atoms with Gasteiger partial charge in [-0.25, -0.2) is 0 Å². The average Bonchev–Trinajstić information content (AvgIpc) is 2.62. The van der Waals surface area contributed by atoms with Gasteiger partial charge in [-0.05, 0) is 62.6 Å².